The Morgan fingerprint density at radius 3 is 2.72 bits per heavy atom. The maximum Gasteiger partial charge on any atom is 0.271 e. The lowest BCUT2D eigenvalue weighted by molar-refractivity contribution is -0.114. The number of nitrogens with zero attached hydrogens (tertiary/aromatic N) is 3. The van der Waals surface area contributed by atoms with Crippen molar-refractivity contribution in [2.24, 2.45) is 5.10 Å². The van der Waals surface area contributed by atoms with Crippen molar-refractivity contribution < 1.29 is 9.59 Å². The Morgan fingerprint density at radius 1 is 1.17 bits per heavy atom. The molecule has 2 N–H and O–H groups in total. The quantitative estimate of drug-likeness (QED) is 0.526. The molecule has 0 radical (unpaired) electrons. The monoisotopic (exact) mass is 389 g/mol. The van der Waals surface area contributed by atoms with Crippen LogP contribution in [0.25, 0.3) is 10.9 Å². The maximum absolute atomic E-state index is 12.5. The van der Waals surface area contributed by atoms with Gasteiger partial charge in [0.25, 0.3) is 11.5 Å². The molecular formula is C21H19N5O3. The van der Waals surface area contributed by atoms with E-state index in [9.17, 15) is 14.4 Å². The van der Waals surface area contributed by atoms with Crippen LogP contribution < -0.4 is 16.3 Å². The highest BCUT2D eigenvalue weighted by molar-refractivity contribution is 5.98. The van der Waals surface area contributed by atoms with Crippen molar-refractivity contribution in [2.45, 2.75) is 26.3 Å². The predicted octanol–water partition coefficient (Wildman–Crippen LogP) is 2.06. The minimum absolute atomic E-state index is 0.0600. The van der Waals surface area contributed by atoms with Gasteiger partial charge in [-0.1, -0.05) is 12.1 Å². The van der Waals surface area contributed by atoms with Gasteiger partial charge in [-0.2, -0.15) is 5.10 Å². The molecule has 0 saturated heterocycles. The van der Waals surface area contributed by atoms with Crippen molar-refractivity contribution in [3.63, 3.8) is 0 Å². The standard InChI is InChI=1S/C21H19N5O3/c1-13(27)23-16-7-4-14(5-8-16)12-22-25-20(28)15-6-9-17-18(11-15)24-19-3-2-10-26(19)21(17)29/h4-9,11-12H,2-3,10H2,1H3,(H,23,27)(H,25,28)/b22-12-. The Bertz CT molecular complexity index is 1200. The summed E-state index contributed by atoms with van der Waals surface area (Å²) in [4.78, 5) is 40.4. The van der Waals surface area contributed by atoms with Gasteiger partial charge < -0.3 is 5.32 Å². The Hall–Kier alpha value is -3.81. The first-order valence-corrected chi connectivity index (χ1v) is 9.26. The fourth-order valence-electron chi connectivity index (χ4n) is 3.31. The number of carbonyl (C=O) groups excluding carboxylic acids is 2. The molecule has 0 spiro atoms. The first-order valence-electron chi connectivity index (χ1n) is 9.26. The lowest BCUT2D eigenvalue weighted by atomic mass is 10.1. The van der Waals surface area contributed by atoms with Gasteiger partial charge in [-0.15, -0.1) is 0 Å². The number of hydrogen-bond acceptors (Lipinski definition) is 5. The largest absolute Gasteiger partial charge is 0.326 e. The number of fused-ring (bicyclic) bond motifs is 2. The molecular weight excluding hydrogens is 370 g/mol. The molecule has 4 rings (SSSR count). The summed E-state index contributed by atoms with van der Waals surface area (Å²) in [5.74, 6) is 0.234. The number of aromatic nitrogens is 2. The van der Waals surface area contributed by atoms with Gasteiger partial charge in [-0.05, 0) is 42.3 Å². The Morgan fingerprint density at radius 2 is 1.97 bits per heavy atom. The molecule has 2 amide bonds. The molecule has 0 bridgehead atoms. The van der Waals surface area contributed by atoms with Crippen molar-refractivity contribution in [3.8, 4) is 0 Å². The van der Waals surface area contributed by atoms with Gasteiger partial charge in [0.15, 0.2) is 0 Å². The number of amides is 2. The van der Waals surface area contributed by atoms with E-state index in [1.165, 1.54) is 13.1 Å². The van der Waals surface area contributed by atoms with Crippen LogP contribution in [0.3, 0.4) is 0 Å². The van der Waals surface area contributed by atoms with Crippen molar-refractivity contribution in [2.75, 3.05) is 5.32 Å². The summed E-state index contributed by atoms with van der Waals surface area (Å²) in [6, 6.07) is 11.9. The van der Waals surface area contributed by atoms with Crippen LogP contribution in [-0.4, -0.2) is 27.6 Å². The third-order valence-corrected chi connectivity index (χ3v) is 4.69. The predicted molar refractivity (Wildman–Crippen MR) is 110 cm³/mol. The highest BCUT2D eigenvalue weighted by Gasteiger charge is 2.17. The van der Waals surface area contributed by atoms with Gasteiger partial charge in [0.05, 0.1) is 17.1 Å². The van der Waals surface area contributed by atoms with Gasteiger partial charge in [-0.3, -0.25) is 19.0 Å². The minimum atomic E-state index is -0.389. The summed E-state index contributed by atoms with van der Waals surface area (Å²) in [6.45, 7) is 2.14. The second-order valence-corrected chi connectivity index (χ2v) is 6.82. The normalized spacial score (nSPS) is 12.9. The van der Waals surface area contributed by atoms with E-state index >= 15 is 0 Å². The molecule has 0 atom stereocenters. The lowest BCUT2D eigenvalue weighted by Crippen LogP contribution is -2.22. The highest BCUT2D eigenvalue weighted by atomic mass is 16.2. The fraction of sp³-hybridized carbons (Fsp3) is 0.190. The first-order chi connectivity index (χ1) is 14.0. The smallest absolute Gasteiger partial charge is 0.271 e. The van der Waals surface area contributed by atoms with E-state index in [1.54, 1.807) is 47.0 Å². The van der Waals surface area contributed by atoms with E-state index in [-0.39, 0.29) is 17.4 Å². The lowest BCUT2D eigenvalue weighted by Gasteiger charge is -2.06. The molecule has 3 aromatic rings. The number of nitrogens with one attached hydrogen (secondary N) is 2. The average molecular weight is 389 g/mol. The number of rotatable bonds is 4. The summed E-state index contributed by atoms with van der Waals surface area (Å²) >= 11 is 0. The molecule has 2 heterocycles. The van der Waals surface area contributed by atoms with Crippen LogP contribution in [0.4, 0.5) is 5.69 Å². The van der Waals surface area contributed by atoms with E-state index in [2.05, 4.69) is 20.8 Å². The molecule has 1 aliphatic rings. The van der Waals surface area contributed by atoms with Gasteiger partial charge in [0.1, 0.15) is 5.82 Å². The molecule has 0 unspecified atom stereocenters. The number of hydrogen-bond donors (Lipinski definition) is 2. The summed E-state index contributed by atoms with van der Waals surface area (Å²) in [5, 5.41) is 7.15. The van der Waals surface area contributed by atoms with Crippen LogP contribution in [0.2, 0.25) is 0 Å². The molecule has 0 aliphatic carbocycles. The molecule has 146 valence electrons. The zero-order chi connectivity index (χ0) is 20.4. The van der Waals surface area contributed by atoms with Gasteiger partial charge >= 0.3 is 0 Å². The first kappa shape index (κ1) is 18.5. The average Bonchev–Trinajstić information content (AvgIpc) is 3.17. The van der Waals surface area contributed by atoms with E-state index in [0.717, 1.165) is 24.2 Å². The maximum atomic E-state index is 12.5. The molecule has 1 aromatic heterocycles. The zero-order valence-electron chi connectivity index (χ0n) is 15.8. The van der Waals surface area contributed by atoms with Crippen LogP contribution in [-0.2, 0) is 17.8 Å². The van der Waals surface area contributed by atoms with E-state index < -0.39 is 0 Å². The highest BCUT2D eigenvalue weighted by Crippen LogP contribution is 2.16. The number of anilines is 1. The van der Waals surface area contributed by atoms with Gasteiger partial charge in [0, 0.05) is 31.1 Å². The second kappa shape index (κ2) is 7.67. The zero-order valence-corrected chi connectivity index (χ0v) is 15.8. The molecule has 2 aromatic carbocycles. The molecule has 0 saturated carbocycles. The third-order valence-electron chi connectivity index (χ3n) is 4.69. The second-order valence-electron chi connectivity index (χ2n) is 6.82. The van der Waals surface area contributed by atoms with Crippen LogP contribution in [0, 0.1) is 0 Å². The number of aryl methyl sites for hydroxylation is 1. The SMILES string of the molecule is CC(=O)Nc1ccc(/C=N\NC(=O)c2ccc3c(=O)n4c(nc3c2)CCC4)cc1. The van der Waals surface area contributed by atoms with Gasteiger partial charge in [0.2, 0.25) is 5.91 Å². The summed E-state index contributed by atoms with van der Waals surface area (Å²) in [7, 11) is 0. The van der Waals surface area contributed by atoms with Crippen LogP contribution in [0.5, 0.6) is 0 Å². The molecule has 0 fully saturated rings. The van der Waals surface area contributed by atoms with E-state index in [0.29, 0.717) is 28.7 Å². The molecule has 8 heteroatoms. The van der Waals surface area contributed by atoms with Crippen LogP contribution in [0.1, 0.15) is 35.1 Å². The minimum Gasteiger partial charge on any atom is -0.326 e. The summed E-state index contributed by atoms with van der Waals surface area (Å²) in [6.07, 6.45) is 3.19. The van der Waals surface area contributed by atoms with E-state index in [1.807, 2.05) is 0 Å². The number of hydrazone groups is 1. The fourth-order valence-corrected chi connectivity index (χ4v) is 3.31. The number of benzene rings is 2. The van der Waals surface area contributed by atoms with Gasteiger partial charge in [-0.25, -0.2) is 10.4 Å². The van der Waals surface area contributed by atoms with Crippen LogP contribution in [0.15, 0.2) is 52.4 Å². The Labute approximate surface area is 166 Å². The molecule has 1 aliphatic heterocycles. The molecule has 8 nitrogen and oxygen atoms in total. The Balaban J connectivity index is 1.47. The van der Waals surface area contributed by atoms with E-state index in [4.69, 9.17) is 0 Å². The van der Waals surface area contributed by atoms with Crippen molar-refractivity contribution in [3.05, 3.63) is 69.8 Å². The van der Waals surface area contributed by atoms with Crippen LogP contribution >= 0.6 is 0 Å². The summed E-state index contributed by atoms with van der Waals surface area (Å²) < 4.78 is 1.70. The van der Waals surface area contributed by atoms with Crippen molar-refractivity contribution in [1.29, 1.82) is 0 Å². The third kappa shape index (κ3) is 3.91. The molecule has 29 heavy (non-hydrogen) atoms. The topological polar surface area (TPSA) is 105 Å². The Kier molecular flexibility index (Phi) is 4.90. The van der Waals surface area contributed by atoms with Crippen molar-refractivity contribution in [1.82, 2.24) is 15.0 Å². The summed E-state index contributed by atoms with van der Waals surface area (Å²) in [5.41, 5.74) is 4.77. The van der Waals surface area contributed by atoms with Crippen molar-refractivity contribution >= 4 is 34.6 Å². The number of carbonyl (C=O) groups is 2.